The summed E-state index contributed by atoms with van der Waals surface area (Å²) in [5, 5.41) is 0. The summed E-state index contributed by atoms with van der Waals surface area (Å²) in [6.45, 7) is 9.69. The Morgan fingerprint density at radius 2 is 1.50 bits per heavy atom. The standard InChI is InChI=1S/C12H22/c1-5-9-7-11(3,4)12(9)8-10(12)6-2/h9-10H,5-8H2,1-4H3. The molecule has 0 heterocycles. The fourth-order valence-corrected chi connectivity index (χ4v) is 4.10. The van der Waals surface area contributed by atoms with Gasteiger partial charge in [-0.25, -0.2) is 0 Å². The van der Waals surface area contributed by atoms with Gasteiger partial charge < -0.3 is 0 Å². The molecule has 0 aliphatic heterocycles. The summed E-state index contributed by atoms with van der Waals surface area (Å²) in [6, 6.07) is 0. The van der Waals surface area contributed by atoms with Crippen LogP contribution in [-0.4, -0.2) is 0 Å². The predicted octanol–water partition coefficient (Wildman–Crippen LogP) is 3.86. The summed E-state index contributed by atoms with van der Waals surface area (Å²) in [7, 11) is 0. The van der Waals surface area contributed by atoms with Gasteiger partial charge in [0.2, 0.25) is 0 Å². The molecule has 3 atom stereocenters. The average Bonchev–Trinajstić information content (AvgIpc) is 2.77. The Labute approximate surface area is 76.7 Å². The van der Waals surface area contributed by atoms with Crippen LogP contribution in [0.15, 0.2) is 0 Å². The summed E-state index contributed by atoms with van der Waals surface area (Å²) in [5.74, 6) is 2.14. The Morgan fingerprint density at radius 1 is 1.00 bits per heavy atom. The zero-order valence-electron chi connectivity index (χ0n) is 8.98. The molecule has 2 saturated carbocycles. The fourth-order valence-electron chi connectivity index (χ4n) is 4.10. The van der Waals surface area contributed by atoms with Crippen molar-refractivity contribution in [2.45, 2.75) is 53.4 Å². The highest BCUT2D eigenvalue weighted by Crippen LogP contribution is 2.78. The summed E-state index contributed by atoms with van der Waals surface area (Å²) in [4.78, 5) is 0. The third kappa shape index (κ3) is 0.744. The number of rotatable bonds is 2. The van der Waals surface area contributed by atoms with E-state index in [1.807, 2.05) is 0 Å². The minimum atomic E-state index is 0.675. The van der Waals surface area contributed by atoms with Crippen LogP contribution in [0.25, 0.3) is 0 Å². The highest BCUT2D eigenvalue weighted by Gasteiger charge is 2.71. The monoisotopic (exact) mass is 166 g/mol. The van der Waals surface area contributed by atoms with Crippen LogP contribution in [0.5, 0.6) is 0 Å². The first kappa shape index (κ1) is 8.59. The average molecular weight is 166 g/mol. The second-order valence-corrected chi connectivity index (χ2v) is 5.54. The maximum atomic E-state index is 2.48. The molecule has 0 N–H and O–H groups in total. The minimum absolute atomic E-state index is 0.675. The maximum Gasteiger partial charge on any atom is -0.0187 e. The van der Waals surface area contributed by atoms with Gasteiger partial charge in [0.15, 0.2) is 0 Å². The van der Waals surface area contributed by atoms with Crippen molar-refractivity contribution in [2.24, 2.45) is 22.7 Å². The van der Waals surface area contributed by atoms with E-state index in [0.717, 1.165) is 17.3 Å². The quantitative estimate of drug-likeness (QED) is 0.584. The molecule has 3 unspecified atom stereocenters. The molecule has 70 valence electrons. The molecule has 2 fully saturated rings. The van der Waals surface area contributed by atoms with Gasteiger partial charge in [-0.3, -0.25) is 0 Å². The van der Waals surface area contributed by atoms with Crippen LogP contribution in [0.1, 0.15) is 53.4 Å². The van der Waals surface area contributed by atoms with Crippen LogP contribution in [0.4, 0.5) is 0 Å². The zero-order chi connectivity index (χ0) is 8.98. The lowest BCUT2D eigenvalue weighted by Gasteiger charge is -2.54. The lowest BCUT2D eigenvalue weighted by molar-refractivity contribution is -0.0529. The van der Waals surface area contributed by atoms with Crippen molar-refractivity contribution in [2.75, 3.05) is 0 Å². The maximum absolute atomic E-state index is 2.48. The van der Waals surface area contributed by atoms with Crippen LogP contribution in [-0.2, 0) is 0 Å². The van der Waals surface area contributed by atoms with Gasteiger partial charge in [0, 0.05) is 0 Å². The van der Waals surface area contributed by atoms with Crippen LogP contribution in [0, 0.1) is 22.7 Å². The molecule has 0 aromatic carbocycles. The zero-order valence-corrected chi connectivity index (χ0v) is 8.98. The largest absolute Gasteiger partial charge is 0.0651 e. The van der Waals surface area contributed by atoms with E-state index in [-0.39, 0.29) is 0 Å². The Balaban J connectivity index is 2.12. The van der Waals surface area contributed by atoms with Crippen molar-refractivity contribution in [3.8, 4) is 0 Å². The molecule has 0 aromatic rings. The Bertz CT molecular complexity index is 192. The molecule has 2 aliphatic rings. The van der Waals surface area contributed by atoms with Gasteiger partial charge in [-0.1, -0.05) is 40.5 Å². The first-order chi connectivity index (χ1) is 5.58. The molecule has 2 aliphatic carbocycles. The molecule has 0 radical (unpaired) electrons. The smallest absolute Gasteiger partial charge is 0.0187 e. The van der Waals surface area contributed by atoms with Crippen molar-refractivity contribution < 1.29 is 0 Å². The van der Waals surface area contributed by atoms with Crippen LogP contribution >= 0.6 is 0 Å². The third-order valence-electron chi connectivity index (χ3n) is 4.88. The van der Waals surface area contributed by atoms with E-state index in [1.54, 1.807) is 0 Å². The van der Waals surface area contributed by atoms with Crippen LogP contribution in [0.2, 0.25) is 0 Å². The molecule has 0 amide bonds. The fraction of sp³-hybridized carbons (Fsp3) is 1.00. The highest BCUT2D eigenvalue weighted by atomic mass is 14.8. The molecule has 0 aromatic heterocycles. The van der Waals surface area contributed by atoms with E-state index in [2.05, 4.69) is 27.7 Å². The molecular formula is C12H22. The van der Waals surface area contributed by atoms with Gasteiger partial charge >= 0.3 is 0 Å². The lowest BCUT2D eigenvalue weighted by Crippen LogP contribution is -2.47. The van der Waals surface area contributed by atoms with Gasteiger partial charge in [-0.15, -0.1) is 0 Å². The summed E-state index contributed by atoms with van der Waals surface area (Å²) in [5.41, 5.74) is 1.48. The topological polar surface area (TPSA) is 0 Å². The molecule has 0 saturated heterocycles. The second kappa shape index (κ2) is 2.27. The normalized spacial score (nSPS) is 49.0. The van der Waals surface area contributed by atoms with Gasteiger partial charge in [-0.2, -0.15) is 0 Å². The van der Waals surface area contributed by atoms with Crippen molar-refractivity contribution in [3.05, 3.63) is 0 Å². The van der Waals surface area contributed by atoms with E-state index in [1.165, 1.54) is 25.7 Å². The number of hydrogen-bond donors (Lipinski definition) is 0. The van der Waals surface area contributed by atoms with Crippen LogP contribution < -0.4 is 0 Å². The minimum Gasteiger partial charge on any atom is -0.0651 e. The van der Waals surface area contributed by atoms with Gasteiger partial charge in [0.1, 0.15) is 0 Å². The first-order valence-corrected chi connectivity index (χ1v) is 5.58. The van der Waals surface area contributed by atoms with E-state index in [9.17, 15) is 0 Å². The van der Waals surface area contributed by atoms with Crippen molar-refractivity contribution in [1.82, 2.24) is 0 Å². The molecular weight excluding hydrogens is 144 g/mol. The van der Waals surface area contributed by atoms with E-state index >= 15 is 0 Å². The van der Waals surface area contributed by atoms with Gasteiger partial charge in [0.25, 0.3) is 0 Å². The molecule has 0 nitrogen and oxygen atoms in total. The SMILES string of the molecule is CCC1CC(C)(C)C12CC2CC. The van der Waals surface area contributed by atoms with E-state index < -0.39 is 0 Å². The van der Waals surface area contributed by atoms with Gasteiger partial charge in [0.05, 0.1) is 0 Å². The predicted molar refractivity (Wildman–Crippen MR) is 53.0 cm³/mol. The Hall–Kier alpha value is 0. The number of hydrogen-bond acceptors (Lipinski definition) is 0. The van der Waals surface area contributed by atoms with Crippen LogP contribution in [0.3, 0.4) is 0 Å². The molecule has 0 heteroatoms. The van der Waals surface area contributed by atoms with E-state index in [4.69, 9.17) is 0 Å². The lowest BCUT2D eigenvalue weighted by atomic mass is 9.51. The third-order valence-corrected chi connectivity index (χ3v) is 4.88. The molecule has 2 rings (SSSR count). The summed E-state index contributed by atoms with van der Waals surface area (Å²) < 4.78 is 0. The summed E-state index contributed by atoms with van der Waals surface area (Å²) >= 11 is 0. The molecule has 12 heavy (non-hydrogen) atoms. The highest BCUT2D eigenvalue weighted by molar-refractivity contribution is 5.19. The second-order valence-electron chi connectivity index (χ2n) is 5.54. The van der Waals surface area contributed by atoms with Crippen molar-refractivity contribution in [1.29, 1.82) is 0 Å². The Kier molecular flexibility index (Phi) is 1.63. The Morgan fingerprint density at radius 3 is 1.83 bits per heavy atom. The van der Waals surface area contributed by atoms with Gasteiger partial charge in [-0.05, 0) is 35.5 Å². The molecule has 1 spiro atoms. The summed E-state index contributed by atoms with van der Waals surface area (Å²) in [6.07, 6.45) is 5.86. The first-order valence-electron chi connectivity index (χ1n) is 5.58. The molecule has 0 bridgehead atoms. The van der Waals surface area contributed by atoms with E-state index in [0.29, 0.717) is 5.41 Å². The van der Waals surface area contributed by atoms with Crippen molar-refractivity contribution >= 4 is 0 Å². The van der Waals surface area contributed by atoms with Crippen molar-refractivity contribution in [3.63, 3.8) is 0 Å².